The van der Waals surface area contributed by atoms with Crippen LogP contribution in [-0.4, -0.2) is 41.9 Å². The Morgan fingerprint density at radius 1 is 0.600 bits per heavy atom. The van der Waals surface area contributed by atoms with Crippen molar-refractivity contribution in [2.75, 3.05) is 5.75 Å². The van der Waals surface area contributed by atoms with Crippen molar-refractivity contribution < 1.29 is 22.9 Å². The second-order valence-electron chi connectivity index (χ2n) is 12.5. The Hall–Kier alpha value is -1.70. The van der Waals surface area contributed by atoms with E-state index in [-0.39, 0.29) is 12.3 Å². The molecule has 1 amide bonds. The van der Waals surface area contributed by atoms with E-state index in [0.29, 0.717) is 6.42 Å². The minimum Gasteiger partial charge on any atom is -0.387 e. The fourth-order valence-corrected chi connectivity index (χ4v) is 5.94. The monoisotopic (exact) mass is 651 g/mol. The number of nitrogens with one attached hydrogen (secondary N) is 1. The zero-order valence-corrected chi connectivity index (χ0v) is 29.8. The summed E-state index contributed by atoms with van der Waals surface area (Å²) in [5, 5.41) is 13.0. The molecule has 0 heterocycles. The van der Waals surface area contributed by atoms with Gasteiger partial charge in [-0.25, -0.2) is 0 Å². The summed E-state index contributed by atoms with van der Waals surface area (Å²) in [7, 11) is -4.34. The van der Waals surface area contributed by atoms with Gasteiger partial charge in [0.2, 0.25) is 5.91 Å². The molecule has 2 unspecified atom stereocenters. The third-order valence-electron chi connectivity index (χ3n) is 7.96. The molecule has 0 saturated heterocycles. The lowest BCUT2D eigenvalue weighted by molar-refractivity contribution is -0.122. The van der Waals surface area contributed by atoms with Gasteiger partial charge in [0.25, 0.3) is 10.1 Å². The minimum absolute atomic E-state index is 0.283. The normalized spacial score (nSPS) is 14.0. The number of allylic oxidation sites excluding steroid dienone is 7. The van der Waals surface area contributed by atoms with Crippen molar-refractivity contribution in [2.24, 2.45) is 0 Å². The predicted molar refractivity (Wildman–Crippen MR) is 193 cm³/mol. The van der Waals surface area contributed by atoms with E-state index in [1.807, 2.05) is 0 Å². The number of hydrogen-bond acceptors (Lipinski definition) is 4. The molecule has 45 heavy (non-hydrogen) atoms. The summed E-state index contributed by atoms with van der Waals surface area (Å²) in [5.41, 5.74) is 0. The van der Waals surface area contributed by atoms with Crippen LogP contribution in [0.15, 0.2) is 48.6 Å². The molecule has 0 aromatic rings. The lowest BCUT2D eigenvalue weighted by atomic mass is 10.0. The van der Waals surface area contributed by atoms with Crippen LogP contribution >= 0.6 is 0 Å². The van der Waals surface area contributed by atoms with Gasteiger partial charge < -0.3 is 10.4 Å². The third-order valence-corrected chi connectivity index (χ3v) is 8.74. The maximum atomic E-state index is 12.4. The number of carbonyl (C=O) groups excluding carboxylic acids is 1. The summed E-state index contributed by atoms with van der Waals surface area (Å²) >= 11 is 0. The van der Waals surface area contributed by atoms with Gasteiger partial charge >= 0.3 is 0 Å². The fourth-order valence-electron chi connectivity index (χ4n) is 5.21. The molecule has 0 rings (SSSR count). The van der Waals surface area contributed by atoms with E-state index in [4.69, 9.17) is 0 Å². The van der Waals surface area contributed by atoms with Crippen LogP contribution in [0.1, 0.15) is 168 Å². The molecule has 0 spiro atoms. The van der Waals surface area contributed by atoms with Crippen LogP contribution in [0.4, 0.5) is 0 Å². The molecule has 7 heteroatoms. The van der Waals surface area contributed by atoms with Crippen LogP contribution in [0.3, 0.4) is 0 Å². The van der Waals surface area contributed by atoms with Gasteiger partial charge in [-0.15, -0.1) is 0 Å². The maximum Gasteiger partial charge on any atom is 0.267 e. The average Bonchev–Trinajstić information content (AvgIpc) is 3.00. The quantitative estimate of drug-likeness (QED) is 0.0381. The average molecular weight is 652 g/mol. The van der Waals surface area contributed by atoms with Gasteiger partial charge in [0.1, 0.15) is 0 Å². The summed E-state index contributed by atoms with van der Waals surface area (Å²) in [6.07, 6.45) is 42.7. The van der Waals surface area contributed by atoms with Crippen LogP contribution in [0.5, 0.6) is 0 Å². The molecule has 0 aromatic heterocycles. The Morgan fingerprint density at radius 2 is 1.07 bits per heavy atom. The van der Waals surface area contributed by atoms with Crippen LogP contribution < -0.4 is 5.32 Å². The standard InChI is InChI=1S/C38H69NO5S/c1-3-5-7-9-11-12-13-14-15-16-17-18-19-20-21-22-23-24-25-26-28-30-32-34-38(41)39-36(35-45(42,43)44)37(40)33-31-29-27-10-8-6-4-2/h8,10,13-14,16-17,31,33,36-37,40H,3-7,9,11-12,15,18-30,32,34-35H2,1-2H3,(H,39,41)(H,42,43,44)/b10-8+,14-13-,17-16-,33-31+. The molecule has 0 aliphatic rings. The van der Waals surface area contributed by atoms with E-state index in [9.17, 15) is 22.9 Å². The van der Waals surface area contributed by atoms with Crippen molar-refractivity contribution in [3.63, 3.8) is 0 Å². The number of hydrogen-bond donors (Lipinski definition) is 3. The van der Waals surface area contributed by atoms with Gasteiger partial charge in [0, 0.05) is 6.42 Å². The van der Waals surface area contributed by atoms with Crippen molar-refractivity contribution >= 4 is 16.0 Å². The first-order valence-corrected chi connectivity index (χ1v) is 19.9. The zero-order valence-electron chi connectivity index (χ0n) is 29.0. The van der Waals surface area contributed by atoms with Gasteiger partial charge in [0.05, 0.1) is 17.9 Å². The number of amides is 1. The molecule has 0 bridgehead atoms. The lowest BCUT2D eigenvalue weighted by Gasteiger charge is -2.21. The largest absolute Gasteiger partial charge is 0.387 e. The van der Waals surface area contributed by atoms with Crippen molar-refractivity contribution in [3.05, 3.63) is 48.6 Å². The van der Waals surface area contributed by atoms with E-state index in [1.165, 1.54) is 102 Å². The molecule has 0 saturated carbocycles. The van der Waals surface area contributed by atoms with E-state index in [0.717, 1.165) is 44.9 Å². The first-order valence-electron chi connectivity index (χ1n) is 18.3. The van der Waals surface area contributed by atoms with Crippen molar-refractivity contribution in [3.8, 4) is 0 Å². The first kappa shape index (κ1) is 43.3. The van der Waals surface area contributed by atoms with Crippen LogP contribution in [0.2, 0.25) is 0 Å². The highest BCUT2D eigenvalue weighted by atomic mass is 32.2. The molecule has 0 aromatic carbocycles. The Kier molecular flexibility index (Phi) is 31.0. The molecular formula is C38H69NO5S. The number of unbranched alkanes of at least 4 members (excludes halogenated alkanes) is 18. The topological polar surface area (TPSA) is 104 Å². The Labute approximate surface area is 278 Å². The Bertz CT molecular complexity index is 894. The van der Waals surface area contributed by atoms with Crippen LogP contribution in [0, 0.1) is 0 Å². The highest BCUT2D eigenvalue weighted by Crippen LogP contribution is 2.13. The van der Waals surface area contributed by atoms with Gasteiger partial charge in [-0.2, -0.15) is 8.42 Å². The summed E-state index contributed by atoms with van der Waals surface area (Å²) in [6, 6.07) is -1.07. The SMILES string of the molecule is CCC/C=C/CC/C=C/C(O)C(CS(=O)(=O)O)NC(=O)CCCCCCCCCCCCC/C=C\C/C=C\CCCCCCC. The Balaban J connectivity index is 3.80. The summed E-state index contributed by atoms with van der Waals surface area (Å²) in [5.74, 6) is -1.01. The molecule has 0 aliphatic carbocycles. The van der Waals surface area contributed by atoms with Crippen molar-refractivity contribution in [1.29, 1.82) is 0 Å². The molecule has 0 aliphatic heterocycles. The summed E-state index contributed by atoms with van der Waals surface area (Å²) in [6.45, 7) is 4.38. The number of carbonyl (C=O) groups is 1. The van der Waals surface area contributed by atoms with Crippen LogP contribution in [0.25, 0.3) is 0 Å². The summed E-state index contributed by atoms with van der Waals surface area (Å²) in [4.78, 5) is 12.4. The highest BCUT2D eigenvalue weighted by molar-refractivity contribution is 7.85. The number of aliphatic hydroxyl groups excluding tert-OH is 1. The third kappa shape index (κ3) is 33.5. The number of aliphatic hydroxyl groups is 1. The smallest absolute Gasteiger partial charge is 0.267 e. The molecule has 0 fully saturated rings. The van der Waals surface area contributed by atoms with Gasteiger partial charge in [-0.1, -0.05) is 152 Å². The number of rotatable bonds is 32. The van der Waals surface area contributed by atoms with Gasteiger partial charge in [0.15, 0.2) is 0 Å². The highest BCUT2D eigenvalue weighted by Gasteiger charge is 2.24. The first-order chi connectivity index (χ1) is 21.8. The zero-order chi connectivity index (χ0) is 33.3. The molecule has 2 atom stereocenters. The van der Waals surface area contributed by atoms with Crippen molar-refractivity contribution in [1.82, 2.24) is 5.32 Å². The predicted octanol–water partition coefficient (Wildman–Crippen LogP) is 10.3. The molecule has 6 nitrogen and oxygen atoms in total. The fraction of sp³-hybridized carbons (Fsp3) is 0.763. The van der Waals surface area contributed by atoms with E-state index in [2.05, 4.69) is 55.6 Å². The maximum absolute atomic E-state index is 12.4. The summed E-state index contributed by atoms with van der Waals surface area (Å²) < 4.78 is 32.1. The molecule has 3 N–H and O–H groups in total. The molecule has 262 valence electrons. The Morgan fingerprint density at radius 3 is 1.60 bits per heavy atom. The second kappa shape index (κ2) is 32.2. The second-order valence-corrected chi connectivity index (χ2v) is 14.0. The van der Waals surface area contributed by atoms with Gasteiger partial charge in [-0.3, -0.25) is 9.35 Å². The van der Waals surface area contributed by atoms with E-state index < -0.39 is 28.0 Å². The van der Waals surface area contributed by atoms with Gasteiger partial charge in [-0.05, 0) is 57.8 Å². The van der Waals surface area contributed by atoms with E-state index in [1.54, 1.807) is 6.08 Å². The molecule has 0 radical (unpaired) electrons. The van der Waals surface area contributed by atoms with Crippen molar-refractivity contribution in [2.45, 2.75) is 180 Å². The minimum atomic E-state index is -4.34. The lowest BCUT2D eigenvalue weighted by Crippen LogP contribution is -2.46. The molecular weight excluding hydrogens is 582 g/mol. The van der Waals surface area contributed by atoms with E-state index >= 15 is 0 Å². The van der Waals surface area contributed by atoms with Crippen LogP contribution in [-0.2, 0) is 14.9 Å².